The topological polar surface area (TPSA) is 52.0 Å². The van der Waals surface area contributed by atoms with Crippen LogP contribution in [0.15, 0.2) is 36.4 Å². The van der Waals surface area contributed by atoms with Crippen LogP contribution in [0.2, 0.25) is 0 Å². The Morgan fingerprint density at radius 3 is 1.82 bits per heavy atom. The first-order valence-corrected chi connectivity index (χ1v) is 7.91. The molecule has 0 saturated heterocycles. The second-order valence-corrected chi connectivity index (χ2v) is 7.19. The second kappa shape index (κ2) is 6.23. The lowest BCUT2D eigenvalue weighted by Crippen LogP contribution is -2.22. The average Bonchev–Trinajstić information content (AvgIpc) is 2.45. The van der Waals surface area contributed by atoms with E-state index in [-0.39, 0.29) is 11.5 Å². The highest BCUT2D eigenvalue weighted by atomic mass is 14.7. The van der Waals surface area contributed by atoms with Gasteiger partial charge in [0.15, 0.2) is 0 Å². The standard InChI is InChI=1S/C20H28N2/c1-13-10-16(11-14(2)19(13)18(22)12-21)15-6-8-17(9-7-15)20(3,4)5/h6-11,18H,12,21-22H2,1-5H3. The van der Waals surface area contributed by atoms with Gasteiger partial charge < -0.3 is 11.5 Å². The first-order chi connectivity index (χ1) is 10.2. The van der Waals surface area contributed by atoms with Crippen LogP contribution in [0, 0.1) is 13.8 Å². The van der Waals surface area contributed by atoms with Crippen LogP contribution in [0.3, 0.4) is 0 Å². The highest BCUT2D eigenvalue weighted by molar-refractivity contribution is 5.67. The molecule has 0 amide bonds. The summed E-state index contributed by atoms with van der Waals surface area (Å²) < 4.78 is 0. The quantitative estimate of drug-likeness (QED) is 0.890. The Balaban J connectivity index is 2.42. The Labute approximate surface area is 134 Å². The Hall–Kier alpha value is -1.64. The fraction of sp³-hybridized carbons (Fsp3) is 0.400. The average molecular weight is 296 g/mol. The van der Waals surface area contributed by atoms with Crippen molar-refractivity contribution in [1.29, 1.82) is 0 Å². The number of benzene rings is 2. The molecule has 0 fully saturated rings. The third kappa shape index (κ3) is 3.40. The summed E-state index contributed by atoms with van der Waals surface area (Å²) in [6.45, 7) is 11.4. The van der Waals surface area contributed by atoms with E-state index in [1.54, 1.807) is 0 Å². The van der Waals surface area contributed by atoms with Crippen LogP contribution in [0.4, 0.5) is 0 Å². The van der Waals surface area contributed by atoms with Gasteiger partial charge in [-0.1, -0.05) is 57.2 Å². The van der Waals surface area contributed by atoms with Gasteiger partial charge in [0.05, 0.1) is 0 Å². The summed E-state index contributed by atoms with van der Waals surface area (Å²) in [5, 5.41) is 0. The van der Waals surface area contributed by atoms with Crippen molar-refractivity contribution in [3.8, 4) is 11.1 Å². The van der Waals surface area contributed by atoms with Crippen LogP contribution >= 0.6 is 0 Å². The smallest absolute Gasteiger partial charge is 0.0424 e. The molecule has 2 rings (SSSR count). The molecule has 1 unspecified atom stereocenters. The molecule has 2 nitrogen and oxygen atoms in total. The number of rotatable bonds is 3. The summed E-state index contributed by atoms with van der Waals surface area (Å²) in [7, 11) is 0. The molecule has 2 aromatic carbocycles. The van der Waals surface area contributed by atoms with E-state index in [1.165, 1.54) is 33.4 Å². The van der Waals surface area contributed by atoms with Gasteiger partial charge >= 0.3 is 0 Å². The molecule has 118 valence electrons. The summed E-state index contributed by atoms with van der Waals surface area (Å²) in [6, 6.07) is 13.2. The highest BCUT2D eigenvalue weighted by Crippen LogP contribution is 2.30. The fourth-order valence-electron chi connectivity index (χ4n) is 3.01. The van der Waals surface area contributed by atoms with Crippen molar-refractivity contribution in [2.75, 3.05) is 6.54 Å². The van der Waals surface area contributed by atoms with Crippen molar-refractivity contribution < 1.29 is 0 Å². The zero-order valence-electron chi connectivity index (χ0n) is 14.4. The minimum Gasteiger partial charge on any atom is -0.329 e. The van der Waals surface area contributed by atoms with Gasteiger partial charge in [-0.15, -0.1) is 0 Å². The Kier molecular flexibility index (Phi) is 4.74. The molecule has 0 spiro atoms. The molecule has 22 heavy (non-hydrogen) atoms. The van der Waals surface area contributed by atoms with Crippen molar-refractivity contribution >= 4 is 0 Å². The lowest BCUT2D eigenvalue weighted by atomic mass is 9.85. The molecule has 1 atom stereocenters. The second-order valence-electron chi connectivity index (χ2n) is 7.19. The van der Waals surface area contributed by atoms with E-state index in [9.17, 15) is 0 Å². The van der Waals surface area contributed by atoms with E-state index >= 15 is 0 Å². The third-order valence-corrected chi connectivity index (χ3v) is 4.30. The molecule has 0 heterocycles. The maximum Gasteiger partial charge on any atom is 0.0424 e. The summed E-state index contributed by atoms with van der Waals surface area (Å²) in [5.74, 6) is 0. The van der Waals surface area contributed by atoms with E-state index < -0.39 is 0 Å². The predicted octanol–water partition coefficient (Wildman–Crippen LogP) is 4.23. The molecule has 0 bridgehead atoms. The van der Waals surface area contributed by atoms with Gasteiger partial charge in [-0.3, -0.25) is 0 Å². The predicted molar refractivity (Wildman–Crippen MR) is 96.0 cm³/mol. The number of nitrogens with two attached hydrogens (primary N) is 2. The largest absolute Gasteiger partial charge is 0.329 e. The Bertz CT molecular complexity index is 625. The molecule has 2 heteroatoms. The van der Waals surface area contributed by atoms with E-state index in [0.717, 1.165) is 0 Å². The molecule has 0 aromatic heterocycles. The van der Waals surface area contributed by atoms with Gasteiger partial charge in [0.2, 0.25) is 0 Å². The molecule has 0 aliphatic carbocycles. The third-order valence-electron chi connectivity index (χ3n) is 4.30. The van der Waals surface area contributed by atoms with Crippen LogP contribution in [-0.4, -0.2) is 6.54 Å². The molecule has 0 saturated carbocycles. The fourth-order valence-corrected chi connectivity index (χ4v) is 3.01. The SMILES string of the molecule is Cc1cc(-c2ccc(C(C)(C)C)cc2)cc(C)c1C(N)CN. The lowest BCUT2D eigenvalue weighted by molar-refractivity contribution is 0.590. The van der Waals surface area contributed by atoms with Gasteiger partial charge in [-0.25, -0.2) is 0 Å². The minimum absolute atomic E-state index is 0.0858. The van der Waals surface area contributed by atoms with Gasteiger partial charge in [0, 0.05) is 12.6 Å². The van der Waals surface area contributed by atoms with Gasteiger partial charge in [-0.05, 0) is 52.6 Å². The molecule has 4 N–H and O–H groups in total. The lowest BCUT2D eigenvalue weighted by Gasteiger charge is -2.20. The number of aryl methyl sites for hydroxylation is 2. The van der Waals surface area contributed by atoms with Gasteiger partial charge in [-0.2, -0.15) is 0 Å². The number of hydrogen-bond donors (Lipinski definition) is 2. The van der Waals surface area contributed by atoms with E-state index in [0.29, 0.717) is 6.54 Å². The molecule has 0 radical (unpaired) electrons. The monoisotopic (exact) mass is 296 g/mol. The van der Waals surface area contributed by atoms with Gasteiger partial charge in [0.1, 0.15) is 0 Å². The van der Waals surface area contributed by atoms with Crippen LogP contribution in [0.1, 0.15) is 49.1 Å². The zero-order valence-corrected chi connectivity index (χ0v) is 14.4. The van der Waals surface area contributed by atoms with Crippen molar-refractivity contribution in [3.63, 3.8) is 0 Å². The molecule has 0 aliphatic heterocycles. The van der Waals surface area contributed by atoms with Crippen LogP contribution in [0.25, 0.3) is 11.1 Å². The van der Waals surface area contributed by atoms with Crippen LogP contribution in [-0.2, 0) is 5.41 Å². The van der Waals surface area contributed by atoms with E-state index in [1.807, 2.05) is 0 Å². The zero-order chi connectivity index (χ0) is 16.5. The van der Waals surface area contributed by atoms with Gasteiger partial charge in [0.25, 0.3) is 0 Å². The first kappa shape index (κ1) is 16.7. The summed E-state index contributed by atoms with van der Waals surface area (Å²) in [5.41, 5.74) is 19.5. The highest BCUT2D eigenvalue weighted by Gasteiger charge is 2.15. The van der Waals surface area contributed by atoms with Crippen molar-refractivity contribution in [3.05, 3.63) is 58.7 Å². The molecular weight excluding hydrogens is 268 g/mol. The Morgan fingerprint density at radius 2 is 1.41 bits per heavy atom. The summed E-state index contributed by atoms with van der Waals surface area (Å²) >= 11 is 0. The summed E-state index contributed by atoms with van der Waals surface area (Å²) in [4.78, 5) is 0. The van der Waals surface area contributed by atoms with E-state index in [4.69, 9.17) is 11.5 Å². The van der Waals surface area contributed by atoms with Crippen molar-refractivity contribution in [1.82, 2.24) is 0 Å². The van der Waals surface area contributed by atoms with Crippen LogP contribution < -0.4 is 11.5 Å². The minimum atomic E-state index is -0.0858. The molecule has 2 aromatic rings. The first-order valence-electron chi connectivity index (χ1n) is 7.91. The molecular formula is C20H28N2. The normalized spacial score (nSPS) is 13.2. The maximum absolute atomic E-state index is 6.13. The van der Waals surface area contributed by atoms with Crippen molar-refractivity contribution in [2.24, 2.45) is 11.5 Å². The number of hydrogen-bond acceptors (Lipinski definition) is 2. The maximum atomic E-state index is 6.13. The molecule has 0 aliphatic rings. The van der Waals surface area contributed by atoms with Crippen molar-refractivity contribution in [2.45, 2.75) is 46.1 Å². The van der Waals surface area contributed by atoms with Crippen LogP contribution in [0.5, 0.6) is 0 Å². The Morgan fingerprint density at radius 1 is 0.909 bits per heavy atom. The summed E-state index contributed by atoms with van der Waals surface area (Å²) in [6.07, 6.45) is 0. The van der Waals surface area contributed by atoms with E-state index in [2.05, 4.69) is 71.0 Å².